The molecule has 1 fully saturated rings. The third-order valence-corrected chi connectivity index (χ3v) is 4.12. The number of rotatable bonds is 6. The van der Waals surface area contributed by atoms with E-state index < -0.39 is 6.04 Å². The number of nitrogens with one attached hydrogen (secondary N) is 1. The zero-order valence-electron chi connectivity index (χ0n) is 13.2. The van der Waals surface area contributed by atoms with Crippen LogP contribution >= 0.6 is 11.6 Å². The van der Waals surface area contributed by atoms with Gasteiger partial charge in [-0.3, -0.25) is 9.59 Å². The Morgan fingerprint density at radius 1 is 1.48 bits per heavy atom. The number of hydrogen-bond acceptors (Lipinski definition) is 4. The molecule has 1 aromatic carbocycles. The zero-order valence-corrected chi connectivity index (χ0v) is 13.9. The maximum absolute atomic E-state index is 12.8. The van der Waals surface area contributed by atoms with E-state index in [0.29, 0.717) is 48.8 Å². The molecule has 1 aliphatic rings. The van der Waals surface area contributed by atoms with Crippen molar-refractivity contribution < 1.29 is 14.3 Å². The lowest BCUT2D eigenvalue weighted by Crippen LogP contribution is -2.46. The first-order valence-electron chi connectivity index (χ1n) is 7.70. The molecule has 1 heterocycles. The summed E-state index contributed by atoms with van der Waals surface area (Å²) in [5.41, 5.74) is 5.80. The van der Waals surface area contributed by atoms with E-state index in [0.717, 1.165) is 6.42 Å². The Bertz CT molecular complexity index is 580. The highest BCUT2D eigenvalue weighted by molar-refractivity contribution is 6.31. The summed E-state index contributed by atoms with van der Waals surface area (Å²) in [7, 11) is 1.50. The lowest BCUT2D eigenvalue weighted by molar-refractivity contribution is -0.124. The summed E-state index contributed by atoms with van der Waals surface area (Å²) in [6.07, 6.45) is 2.17. The maximum Gasteiger partial charge on any atom is 0.258 e. The van der Waals surface area contributed by atoms with E-state index in [-0.39, 0.29) is 11.8 Å². The van der Waals surface area contributed by atoms with Gasteiger partial charge < -0.3 is 20.7 Å². The highest BCUT2D eigenvalue weighted by Crippen LogP contribution is 2.27. The molecule has 0 radical (unpaired) electrons. The number of likely N-dealkylation sites (tertiary alicyclic amines) is 1. The third kappa shape index (κ3) is 4.14. The number of nitrogens with two attached hydrogens (primary N) is 1. The quantitative estimate of drug-likeness (QED) is 0.768. The van der Waals surface area contributed by atoms with Crippen molar-refractivity contribution in [1.82, 2.24) is 10.2 Å². The molecule has 1 unspecified atom stereocenters. The molecule has 2 rings (SSSR count). The van der Waals surface area contributed by atoms with Gasteiger partial charge in [0.15, 0.2) is 0 Å². The Morgan fingerprint density at radius 2 is 2.26 bits per heavy atom. The van der Waals surface area contributed by atoms with Gasteiger partial charge in [0.2, 0.25) is 5.91 Å². The lowest BCUT2D eigenvalue weighted by atomic mass is 10.1. The van der Waals surface area contributed by atoms with Crippen LogP contribution in [-0.2, 0) is 4.79 Å². The number of amides is 2. The van der Waals surface area contributed by atoms with Crippen molar-refractivity contribution in [2.75, 3.05) is 26.7 Å². The molecule has 0 spiro atoms. The monoisotopic (exact) mass is 339 g/mol. The summed E-state index contributed by atoms with van der Waals surface area (Å²) >= 11 is 5.99. The minimum absolute atomic E-state index is 0.134. The molecule has 0 aromatic heterocycles. The molecular weight excluding hydrogens is 318 g/mol. The smallest absolute Gasteiger partial charge is 0.258 e. The number of nitrogens with zero attached hydrogens (tertiary/aromatic N) is 1. The van der Waals surface area contributed by atoms with Gasteiger partial charge in [0.05, 0.1) is 12.7 Å². The standard InChI is InChI=1S/C16H22ClN3O3/c1-23-14-6-5-11(17)10-12(14)16(22)20-9-2-4-13(20)15(21)19-8-3-7-18/h5-6,10,13H,2-4,7-9,18H2,1H3,(H,19,21). The summed E-state index contributed by atoms with van der Waals surface area (Å²) in [6.45, 7) is 1.59. The second-order valence-electron chi connectivity index (χ2n) is 5.43. The van der Waals surface area contributed by atoms with Crippen LogP contribution in [0.25, 0.3) is 0 Å². The molecule has 6 nitrogen and oxygen atoms in total. The molecule has 126 valence electrons. The topological polar surface area (TPSA) is 84.7 Å². The van der Waals surface area contributed by atoms with Gasteiger partial charge in [0.25, 0.3) is 5.91 Å². The van der Waals surface area contributed by atoms with Crippen molar-refractivity contribution in [3.05, 3.63) is 28.8 Å². The van der Waals surface area contributed by atoms with Crippen LogP contribution in [0.5, 0.6) is 5.75 Å². The minimum atomic E-state index is -0.455. The Labute approximate surface area is 140 Å². The van der Waals surface area contributed by atoms with Crippen molar-refractivity contribution >= 4 is 23.4 Å². The van der Waals surface area contributed by atoms with E-state index in [1.54, 1.807) is 23.1 Å². The van der Waals surface area contributed by atoms with E-state index in [1.165, 1.54) is 7.11 Å². The molecule has 2 amide bonds. The van der Waals surface area contributed by atoms with Crippen LogP contribution < -0.4 is 15.8 Å². The molecule has 7 heteroatoms. The van der Waals surface area contributed by atoms with Crippen molar-refractivity contribution in [3.8, 4) is 5.75 Å². The Balaban J connectivity index is 2.14. The summed E-state index contributed by atoms with van der Waals surface area (Å²) in [6, 6.07) is 4.44. The van der Waals surface area contributed by atoms with Gasteiger partial charge in [-0.25, -0.2) is 0 Å². The molecule has 0 aliphatic carbocycles. The Morgan fingerprint density at radius 3 is 2.96 bits per heavy atom. The average molecular weight is 340 g/mol. The largest absolute Gasteiger partial charge is 0.496 e. The van der Waals surface area contributed by atoms with Gasteiger partial charge in [-0.15, -0.1) is 0 Å². The van der Waals surface area contributed by atoms with E-state index in [1.807, 2.05) is 0 Å². The highest BCUT2D eigenvalue weighted by Gasteiger charge is 2.35. The number of halogens is 1. The molecule has 1 aromatic rings. The molecule has 1 saturated heterocycles. The fourth-order valence-corrected chi connectivity index (χ4v) is 2.89. The lowest BCUT2D eigenvalue weighted by Gasteiger charge is -2.24. The first kappa shape index (κ1) is 17.6. The number of carbonyl (C=O) groups excluding carboxylic acids is 2. The molecule has 1 aliphatic heterocycles. The summed E-state index contributed by atoms with van der Waals surface area (Å²) in [4.78, 5) is 26.7. The molecule has 3 N–H and O–H groups in total. The van der Waals surface area contributed by atoms with Crippen LogP contribution in [0.15, 0.2) is 18.2 Å². The first-order chi connectivity index (χ1) is 11.1. The van der Waals surface area contributed by atoms with Crippen LogP contribution in [0.4, 0.5) is 0 Å². The van der Waals surface area contributed by atoms with Gasteiger partial charge in [0.1, 0.15) is 11.8 Å². The predicted molar refractivity (Wildman–Crippen MR) is 88.7 cm³/mol. The average Bonchev–Trinajstić information content (AvgIpc) is 3.04. The van der Waals surface area contributed by atoms with Crippen molar-refractivity contribution in [2.45, 2.75) is 25.3 Å². The van der Waals surface area contributed by atoms with Crippen LogP contribution in [0.2, 0.25) is 5.02 Å². The van der Waals surface area contributed by atoms with Crippen molar-refractivity contribution in [1.29, 1.82) is 0 Å². The van der Waals surface area contributed by atoms with Crippen LogP contribution in [0.1, 0.15) is 29.6 Å². The van der Waals surface area contributed by atoms with Crippen molar-refractivity contribution in [3.63, 3.8) is 0 Å². The highest BCUT2D eigenvalue weighted by atomic mass is 35.5. The van der Waals surface area contributed by atoms with Gasteiger partial charge in [-0.1, -0.05) is 11.6 Å². The van der Waals surface area contributed by atoms with Crippen LogP contribution in [-0.4, -0.2) is 49.5 Å². The summed E-state index contributed by atoms with van der Waals surface area (Å²) < 4.78 is 5.24. The SMILES string of the molecule is COc1ccc(Cl)cc1C(=O)N1CCCC1C(=O)NCCCN. The Kier molecular flexibility index (Phi) is 6.24. The second kappa shape index (κ2) is 8.17. The molecule has 1 atom stereocenters. The third-order valence-electron chi connectivity index (χ3n) is 3.89. The van der Waals surface area contributed by atoms with Crippen LogP contribution in [0.3, 0.4) is 0 Å². The molecule has 0 bridgehead atoms. The maximum atomic E-state index is 12.8. The number of benzene rings is 1. The number of ether oxygens (including phenoxy) is 1. The fraction of sp³-hybridized carbons (Fsp3) is 0.500. The van der Waals surface area contributed by atoms with Gasteiger partial charge >= 0.3 is 0 Å². The summed E-state index contributed by atoms with van der Waals surface area (Å²) in [5, 5.41) is 3.29. The van der Waals surface area contributed by atoms with E-state index in [4.69, 9.17) is 22.1 Å². The fourth-order valence-electron chi connectivity index (χ4n) is 2.72. The zero-order chi connectivity index (χ0) is 16.8. The van der Waals surface area contributed by atoms with Gasteiger partial charge in [-0.2, -0.15) is 0 Å². The number of carbonyl (C=O) groups is 2. The second-order valence-corrected chi connectivity index (χ2v) is 5.87. The molecule has 0 saturated carbocycles. The molecular formula is C16H22ClN3O3. The minimum Gasteiger partial charge on any atom is -0.496 e. The van der Waals surface area contributed by atoms with E-state index in [9.17, 15) is 9.59 Å². The normalized spacial score (nSPS) is 17.2. The number of methoxy groups -OCH3 is 1. The van der Waals surface area contributed by atoms with E-state index in [2.05, 4.69) is 5.32 Å². The first-order valence-corrected chi connectivity index (χ1v) is 8.08. The predicted octanol–water partition coefficient (Wildman–Crippen LogP) is 1.42. The Hall–Kier alpha value is -1.79. The molecule has 23 heavy (non-hydrogen) atoms. The number of hydrogen-bond donors (Lipinski definition) is 2. The van der Waals surface area contributed by atoms with Crippen LogP contribution in [0, 0.1) is 0 Å². The van der Waals surface area contributed by atoms with Crippen molar-refractivity contribution in [2.24, 2.45) is 5.73 Å². The van der Waals surface area contributed by atoms with Gasteiger partial charge in [-0.05, 0) is 44.0 Å². The van der Waals surface area contributed by atoms with E-state index >= 15 is 0 Å². The summed E-state index contributed by atoms with van der Waals surface area (Å²) in [5.74, 6) is 0.0831. The van der Waals surface area contributed by atoms with Gasteiger partial charge in [0, 0.05) is 18.1 Å².